The van der Waals surface area contributed by atoms with Crippen molar-refractivity contribution in [3.05, 3.63) is 47.5 Å². The molecule has 2 rings (SSSR count). The number of carbonyl (C=O) groups excluding carboxylic acids is 2. The summed E-state index contributed by atoms with van der Waals surface area (Å²) in [5.41, 5.74) is 6.48. The highest BCUT2D eigenvalue weighted by molar-refractivity contribution is 7.11. The molecule has 0 aliphatic carbocycles. The molecule has 126 valence electrons. The van der Waals surface area contributed by atoms with Gasteiger partial charge in [0.15, 0.2) is 0 Å². The second-order valence-corrected chi connectivity index (χ2v) is 5.78. The molecule has 1 aromatic carbocycles. The second-order valence-electron chi connectivity index (χ2n) is 5.00. The van der Waals surface area contributed by atoms with Crippen LogP contribution in [0.5, 0.6) is 5.88 Å². The first kappa shape index (κ1) is 17.5. The van der Waals surface area contributed by atoms with Crippen LogP contribution in [0.2, 0.25) is 0 Å². The molecule has 3 amide bonds. The number of amides is 3. The molecular formula is C16H18N4O3S. The average Bonchev–Trinajstić information content (AvgIpc) is 2.95. The average molecular weight is 346 g/mol. The molecule has 3 N–H and O–H groups in total. The molecule has 0 unspecified atom stereocenters. The predicted octanol–water partition coefficient (Wildman–Crippen LogP) is 2.43. The van der Waals surface area contributed by atoms with E-state index in [1.807, 2.05) is 36.4 Å². The van der Waals surface area contributed by atoms with Crippen LogP contribution in [0.1, 0.15) is 15.9 Å². The second kappa shape index (κ2) is 8.11. The van der Waals surface area contributed by atoms with Crippen LogP contribution < -0.4 is 15.8 Å². The van der Waals surface area contributed by atoms with Gasteiger partial charge in [-0.25, -0.2) is 4.79 Å². The molecule has 0 saturated heterocycles. The van der Waals surface area contributed by atoms with E-state index in [0.717, 1.165) is 17.1 Å². The van der Waals surface area contributed by atoms with Crippen LogP contribution in [0.4, 0.5) is 9.80 Å². The van der Waals surface area contributed by atoms with E-state index < -0.39 is 5.91 Å². The normalized spacial score (nSPS) is 10.6. The van der Waals surface area contributed by atoms with E-state index in [1.165, 1.54) is 4.90 Å². The molecular weight excluding hydrogens is 328 g/mol. The molecule has 0 aliphatic heterocycles. The third-order valence-electron chi connectivity index (χ3n) is 2.96. The monoisotopic (exact) mass is 346 g/mol. The standard InChI is InChI=1S/C16H18N4O3S/c1-20(2)16(22)18-15-12(13(17)21)14(19-24-15)23-10-6-9-11-7-4-3-5-8-11/h3-9H,10H2,1-2H3,(H2,17,21)(H,18,22). The molecule has 0 saturated carbocycles. The van der Waals surface area contributed by atoms with Crippen molar-refractivity contribution in [1.29, 1.82) is 0 Å². The lowest BCUT2D eigenvalue weighted by Crippen LogP contribution is -2.28. The first-order valence-electron chi connectivity index (χ1n) is 7.11. The highest BCUT2D eigenvalue weighted by Gasteiger charge is 2.22. The Bertz CT molecular complexity index is 741. The largest absolute Gasteiger partial charge is 0.472 e. The highest BCUT2D eigenvalue weighted by atomic mass is 32.1. The van der Waals surface area contributed by atoms with Crippen molar-refractivity contribution in [3.63, 3.8) is 0 Å². The molecule has 0 atom stereocenters. The summed E-state index contributed by atoms with van der Waals surface area (Å²) in [7, 11) is 3.18. The molecule has 8 heteroatoms. The summed E-state index contributed by atoms with van der Waals surface area (Å²) in [5.74, 6) is -0.598. The summed E-state index contributed by atoms with van der Waals surface area (Å²) in [6, 6.07) is 9.35. The Balaban J connectivity index is 2.05. The smallest absolute Gasteiger partial charge is 0.321 e. The summed E-state index contributed by atoms with van der Waals surface area (Å²) >= 11 is 0.946. The number of rotatable bonds is 6. The maximum absolute atomic E-state index is 11.7. The lowest BCUT2D eigenvalue weighted by atomic mass is 10.2. The van der Waals surface area contributed by atoms with Gasteiger partial charge in [0, 0.05) is 14.1 Å². The number of benzene rings is 1. The Morgan fingerprint density at radius 1 is 1.33 bits per heavy atom. The van der Waals surface area contributed by atoms with Gasteiger partial charge in [0.25, 0.3) is 5.91 Å². The van der Waals surface area contributed by atoms with Crippen molar-refractivity contribution >= 4 is 34.5 Å². The molecule has 24 heavy (non-hydrogen) atoms. The van der Waals surface area contributed by atoms with Crippen LogP contribution in [0.15, 0.2) is 36.4 Å². The van der Waals surface area contributed by atoms with E-state index in [9.17, 15) is 9.59 Å². The van der Waals surface area contributed by atoms with E-state index in [4.69, 9.17) is 10.5 Å². The number of primary amides is 1. The summed E-state index contributed by atoms with van der Waals surface area (Å²) in [4.78, 5) is 24.7. The van der Waals surface area contributed by atoms with Gasteiger partial charge in [-0.05, 0) is 23.2 Å². The van der Waals surface area contributed by atoms with Crippen molar-refractivity contribution < 1.29 is 14.3 Å². The number of carbonyl (C=O) groups is 2. The fourth-order valence-electron chi connectivity index (χ4n) is 1.76. The summed E-state index contributed by atoms with van der Waals surface area (Å²) < 4.78 is 9.54. The van der Waals surface area contributed by atoms with Crippen LogP contribution >= 0.6 is 11.5 Å². The van der Waals surface area contributed by atoms with Crippen LogP contribution in [0.25, 0.3) is 6.08 Å². The lowest BCUT2D eigenvalue weighted by Gasteiger charge is -2.11. The van der Waals surface area contributed by atoms with Gasteiger partial charge in [0.05, 0.1) is 0 Å². The maximum atomic E-state index is 11.7. The van der Waals surface area contributed by atoms with E-state index >= 15 is 0 Å². The minimum absolute atomic E-state index is 0.0725. The van der Waals surface area contributed by atoms with Crippen LogP contribution in [0.3, 0.4) is 0 Å². The number of hydrogen-bond donors (Lipinski definition) is 2. The number of aromatic nitrogens is 1. The minimum Gasteiger partial charge on any atom is -0.472 e. The fraction of sp³-hybridized carbons (Fsp3) is 0.188. The zero-order chi connectivity index (χ0) is 17.5. The van der Waals surface area contributed by atoms with E-state index in [1.54, 1.807) is 20.2 Å². The SMILES string of the molecule is CN(C)C(=O)Nc1snc(OCC=Cc2ccccc2)c1C(N)=O. The quantitative estimate of drug-likeness (QED) is 0.839. The molecule has 0 aliphatic rings. The third kappa shape index (κ3) is 4.56. The molecule has 0 bridgehead atoms. The van der Waals surface area contributed by atoms with Crippen molar-refractivity contribution in [2.75, 3.05) is 26.0 Å². The van der Waals surface area contributed by atoms with Crippen molar-refractivity contribution in [1.82, 2.24) is 9.27 Å². The summed E-state index contributed by atoms with van der Waals surface area (Å²) in [6.45, 7) is 0.222. The number of nitrogens with zero attached hydrogens (tertiary/aromatic N) is 2. The number of nitrogens with one attached hydrogen (secondary N) is 1. The first-order chi connectivity index (χ1) is 11.5. The van der Waals surface area contributed by atoms with E-state index in [-0.39, 0.29) is 29.1 Å². The van der Waals surface area contributed by atoms with E-state index in [2.05, 4.69) is 9.69 Å². The number of hydrogen-bond acceptors (Lipinski definition) is 5. The van der Waals surface area contributed by atoms with Crippen molar-refractivity contribution in [3.8, 4) is 5.88 Å². The van der Waals surface area contributed by atoms with Gasteiger partial charge < -0.3 is 15.4 Å². The summed E-state index contributed by atoms with van der Waals surface area (Å²) in [6.07, 6.45) is 3.70. The fourth-order valence-corrected chi connectivity index (χ4v) is 2.49. The number of anilines is 1. The van der Waals surface area contributed by atoms with Gasteiger partial charge in [-0.2, -0.15) is 4.37 Å². The minimum atomic E-state index is -0.708. The summed E-state index contributed by atoms with van der Waals surface area (Å²) in [5, 5.41) is 2.84. The van der Waals surface area contributed by atoms with Crippen molar-refractivity contribution in [2.45, 2.75) is 0 Å². The molecule has 0 fully saturated rings. The Morgan fingerprint density at radius 3 is 2.67 bits per heavy atom. The third-order valence-corrected chi connectivity index (χ3v) is 3.71. The van der Waals surface area contributed by atoms with Gasteiger partial charge in [-0.3, -0.25) is 10.1 Å². The molecule has 7 nitrogen and oxygen atoms in total. The lowest BCUT2D eigenvalue weighted by molar-refractivity contribution is 0.0997. The van der Waals surface area contributed by atoms with E-state index in [0.29, 0.717) is 0 Å². The van der Waals surface area contributed by atoms with Gasteiger partial charge in [0.1, 0.15) is 17.2 Å². The first-order valence-corrected chi connectivity index (χ1v) is 7.88. The molecule has 1 aromatic heterocycles. The van der Waals surface area contributed by atoms with Crippen LogP contribution in [-0.2, 0) is 0 Å². The maximum Gasteiger partial charge on any atom is 0.321 e. The Morgan fingerprint density at radius 2 is 2.04 bits per heavy atom. The topological polar surface area (TPSA) is 97.6 Å². The van der Waals surface area contributed by atoms with Gasteiger partial charge in [0.2, 0.25) is 5.88 Å². The van der Waals surface area contributed by atoms with Crippen LogP contribution in [0, 0.1) is 0 Å². The Kier molecular flexibility index (Phi) is 5.91. The van der Waals surface area contributed by atoms with Gasteiger partial charge >= 0.3 is 6.03 Å². The molecule has 0 radical (unpaired) electrons. The highest BCUT2D eigenvalue weighted by Crippen LogP contribution is 2.30. The van der Waals surface area contributed by atoms with Gasteiger partial charge in [-0.15, -0.1) is 0 Å². The molecule has 2 aromatic rings. The van der Waals surface area contributed by atoms with Crippen molar-refractivity contribution in [2.24, 2.45) is 5.73 Å². The number of nitrogens with two attached hydrogens (primary N) is 1. The van der Waals surface area contributed by atoms with Gasteiger partial charge in [-0.1, -0.05) is 36.4 Å². The molecule has 1 heterocycles. The number of ether oxygens (including phenoxy) is 1. The Labute approximate surface area is 143 Å². The predicted molar refractivity (Wildman–Crippen MR) is 94.3 cm³/mol. The zero-order valence-corrected chi connectivity index (χ0v) is 14.2. The Hall–Kier alpha value is -2.87. The number of urea groups is 1. The van der Waals surface area contributed by atoms with Crippen LogP contribution in [-0.4, -0.2) is 41.9 Å². The zero-order valence-electron chi connectivity index (χ0n) is 13.4. The molecule has 0 spiro atoms.